The number of halogens is 1. The fourth-order valence-electron chi connectivity index (χ4n) is 2.58. The number of anilines is 1. The first-order chi connectivity index (χ1) is 8.15. The Morgan fingerprint density at radius 1 is 1.29 bits per heavy atom. The molecule has 0 spiro atoms. The smallest absolute Gasteiger partial charge is 0.125 e. The van der Waals surface area contributed by atoms with Crippen molar-refractivity contribution in [2.24, 2.45) is 11.7 Å². The van der Waals surface area contributed by atoms with Crippen LogP contribution < -0.4 is 10.6 Å². The molecule has 1 aromatic rings. The summed E-state index contributed by atoms with van der Waals surface area (Å²) in [4.78, 5) is 2.14. The van der Waals surface area contributed by atoms with E-state index in [1.165, 1.54) is 18.9 Å². The summed E-state index contributed by atoms with van der Waals surface area (Å²) in [6.45, 7) is 0.996. The summed E-state index contributed by atoms with van der Waals surface area (Å²) in [6.07, 6.45) is 4.64. The molecule has 0 saturated heterocycles. The molecule has 0 atom stereocenters. The van der Waals surface area contributed by atoms with Gasteiger partial charge in [-0.2, -0.15) is 0 Å². The van der Waals surface area contributed by atoms with Crippen molar-refractivity contribution in [3.63, 3.8) is 0 Å². The highest BCUT2D eigenvalue weighted by atomic mass is 19.1. The van der Waals surface area contributed by atoms with Crippen LogP contribution in [-0.4, -0.2) is 19.6 Å². The zero-order valence-electron chi connectivity index (χ0n) is 10.4. The molecule has 1 aliphatic carbocycles. The Hall–Kier alpha value is -1.09. The van der Waals surface area contributed by atoms with E-state index in [2.05, 4.69) is 4.90 Å². The Bertz CT molecular complexity index is 359. The maximum absolute atomic E-state index is 13.1. The molecule has 1 saturated carbocycles. The molecule has 94 valence electrons. The summed E-state index contributed by atoms with van der Waals surface area (Å²) >= 11 is 0. The van der Waals surface area contributed by atoms with Crippen molar-refractivity contribution in [2.75, 3.05) is 18.5 Å². The van der Waals surface area contributed by atoms with Gasteiger partial charge in [0.25, 0.3) is 0 Å². The monoisotopic (exact) mass is 236 g/mol. The number of hydrogen-bond donors (Lipinski definition) is 1. The zero-order chi connectivity index (χ0) is 12.3. The molecule has 1 aliphatic rings. The molecular formula is C14H21FN2. The highest BCUT2D eigenvalue weighted by Gasteiger charge is 2.19. The second-order valence-electron chi connectivity index (χ2n) is 5.14. The van der Waals surface area contributed by atoms with Crippen molar-refractivity contribution < 1.29 is 4.39 Å². The van der Waals surface area contributed by atoms with E-state index in [1.54, 1.807) is 12.1 Å². The van der Waals surface area contributed by atoms with Crippen LogP contribution in [0.25, 0.3) is 0 Å². The highest BCUT2D eigenvalue weighted by Crippen LogP contribution is 2.25. The molecular weight excluding hydrogens is 215 g/mol. The Balaban J connectivity index is 1.90. The first-order valence-electron chi connectivity index (χ1n) is 6.37. The van der Waals surface area contributed by atoms with Crippen molar-refractivity contribution >= 4 is 5.69 Å². The Morgan fingerprint density at radius 2 is 2.00 bits per heavy atom. The number of rotatable bonds is 3. The Morgan fingerprint density at radius 3 is 2.65 bits per heavy atom. The molecule has 0 heterocycles. The van der Waals surface area contributed by atoms with Gasteiger partial charge in [-0.05, 0) is 49.8 Å². The van der Waals surface area contributed by atoms with Crippen LogP contribution >= 0.6 is 0 Å². The van der Waals surface area contributed by atoms with Gasteiger partial charge in [-0.3, -0.25) is 0 Å². The summed E-state index contributed by atoms with van der Waals surface area (Å²) < 4.78 is 13.1. The molecule has 2 N–H and O–H groups in total. The molecule has 0 aromatic heterocycles. The van der Waals surface area contributed by atoms with Crippen molar-refractivity contribution in [3.8, 4) is 0 Å². The minimum Gasteiger partial charge on any atom is -0.374 e. The average molecular weight is 236 g/mol. The Labute approximate surface area is 103 Å². The van der Waals surface area contributed by atoms with E-state index in [0.717, 1.165) is 25.1 Å². The van der Waals surface area contributed by atoms with Gasteiger partial charge < -0.3 is 10.6 Å². The predicted molar refractivity (Wildman–Crippen MR) is 69.6 cm³/mol. The third kappa shape index (κ3) is 3.43. The Kier molecular flexibility index (Phi) is 4.00. The molecule has 1 fully saturated rings. The largest absolute Gasteiger partial charge is 0.374 e. The molecule has 0 bridgehead atoms. The second-order valence-corrected chi connectivity index (χ2v) is 5.14. The fraction of sp³-hybridized carbons (Fsp3) is 0.571. The van der Waals surface area contributed by atoms with E-state index in [0.29, 0.717) is 12.0 Å². The molecule has 3 heteroatoms. The van der Waals surface area contributed by atoms with Crippen LogP contribution in [0, 0.1) is 11.7 Å². The standard InChI is InChI=1S/C14H21FN2/c1-17(14-4-2-3-12(15)9-14)10-11-5-7-13(16)8-6-11/h2-4,9,11,13H,5-8,10,16H2,1H3. The van der Waals surface area contributed by atoms with E-state index in [4.69, 9.17) is 5.73 Å². The lowest BCUT2D eigenvalue weighted by Gasteiger charge is -2.30. The van der Waals surface area contributed by atoms with Gasteiger partial charge in [-0.1, -0.05) is 6.07 Å². The number of hydrogen-bond acceptors (Lipinski definition) is 2. The minimum atomic E-state index is -0.167. The number of nitrogens with two attached hydrogens (primary N) is 1. The van der Waals surface area contributed by atoms with Crippen molar-refractivity contribution in [1.82, 2.24) is 0 Å². The first-order valence-corrected chi connectivity index (χ1v) is 6.37. The lowest BCUT2D eigenvalue weighted by molar-refractivity contribution is 0.330. The average Bonchev–Trinajstić information content (AvgIpc) is 2.32. The van der Waals surface area contributed by atoms with Gasteiger partial charge in [-0.25, -0.2) is 4.39 Å². The zero-order valence-corrected chi connectivity index (χ0v) is 10.4. The quantitative estimate of drug-likeness (QED) is 0.874. The minimum absolute atomic E-state index is 0.167. The van der Waals surface area contributed by atoms with Crippen LogP contribution in [0.2, 0.25) is 0 Å². The molecule has 0 amide bonds. The van der Waals surface area contributed by atoms with Crippen LogP contribution in [-0.2, 0) is 0 Å². The van der Waals surface area contributed by atoms with Gasteiger partial charge >= 0.3 is 0 Å². The number of benzene rings is 1. The molecule has 0 unspecified atom stereocenters. The highest BCUT2D eigenvalue weighted by molar-refractivity contribution is 5.45. The van der Waals surface area contributed by atoms with E-state index in [9.17, 15) is 4.39 Å². The first kappa shape index (κ1) is 12.4. The van der Waals surface area contributed by atoms with Crippen LogP contribution in [0.4, 0.5) is 10.1 Å². The van der Waals surface area contributed by atoms with Gasteiger partial charge in [0.15, 0.2) is 0 Å². The second kappa shape index (κ2) is 5.50. The summed E-state index contributed by atoms with van der Waals surface area (Å²) in [7, 11) is 2.03. The summed E-state index contributed by atoms with van der Waals surface area (Å²) in [5, 5.41) is 0. The van der Waals surface area contributed by atoms with Crippen LogP contribution in [0.3, 0.4) is 0 Å². The molecule has 2 nitrogen and oxygen atoms in total. The van der Waals surface area contributed by atoms with Crippen LogP contribution in [0.15, 0.2) is 24.3 Å². The van der Waals surface area contributed by atoms with E-state index >= 15 is 0 Å². The lowest BCUT2D eigenvalue weighted by atomic mass is 9.86. The van der Waals surface area contributed by atoms with Gasteiger partial charge in [0.1, 0.15) is 5.82 Å². The van der Waals surface area contributed by atoms with Crippen molar-refractivity contribution in [2.45, 2.75) is 31.7 Å². The van der Waals surface area contributed by atoms with E-state index in [1.807, 2.05) is 13.1 Å². The summed E-state index contributed by atoms with van der Waals surface area (Å²) in [5.41, 5.74) is 6.85. The summed E-state index contributed by atoms with van der Waals surface area (Å²) in [5.74, 6) is 0.531. The molecule has 1 aromatic carbocycles. The normalized spacial score (nSPS) is 24.6. The maximum Gasteiger partial charge on any atom is 0.125 e. The SMILES string of the molecule is CN(CC1CCC(N)CC1)c1cccc(F)c1. The topological polar surface area (TPSA) is 29.3 Å². The van der Waals surface area contributed by atoms with Gasteiger partial charge in [0.2, 0.25) is 0 Å². The predicted octanol–water partition coefficient (Wildman–Crippen LogP) is 2.78. The number of nitrogens with zero attached hydrogens (tertiary/aromatic N) is 1. The van der Waals surface area contributed by atoms with E-state index in [-0.39, 0.29) is 5.82 Å². The lowest BCUT2D eigenvalue weighted by Crippen LogP contribution is -2.32. The van der Waals surface area contributed by atoms with Gasteiger partial charge in [-0.15, -0.1) is 0 Å². The molecule has 2 rings (SSSR count). The molecule has 0 aliphatic heterocycles. The van der Waals surface area contributed by atoms with E-state index < -0.39 is 0 Å². The summed E-state index contributed by atoms with van der Waals surface area (Å²) in [6, 6.07) is 7.19. The third-order valence-electron chi connectivity index (χ3n) is 3.67. The van der Waals surface area contributed by atoms with Crippen LogP contribution in [0.1, 0.15) is 25.7 Å². The fourth-order valence-corrected chi connectivity index (χ4v) is 2.58. The van der Waals surface area contributed by atoms with Gasteiger partial charge in [0, 0.05) is 25.3 Å². The maximum atomic E-state index is 13.1. The van der Waals surface area contributed by atoms with Gasteiger partial charge in [0.05, 0.1) is 0 Å². The van der Waals surface area contributed by atoms with Crippen LogP contribution in [0.5, 0.6) is 0 Å². The molecule has 0 radical (unpaired) electrons. The third-order valence-corrected chi connectivity index (χ3v) is 3.67. The molecule has 17 heavy (non-hydrogen) atoms. The van der Waals surface area contributed by atoms with Crippen molar-refractivity contribution in [3.05, 3.63) is 30.1 Å². The van der Waals surface area contributed by atoms with Crippen molar-refractivity contribution in [1.29, 1.82) is 0 Å².